The van der Waals surface area contributed by atoms with Crippen LogP contribution >= 0.6 is 27.5 Å². The van der Waals surface area contributed by atoms with Crippen molar-refractivity contribution in [1.29, 1.82) is 0 Å². The molecule has 0 aliphatic heterocycles. The maximum Gasteiger partial charge on any atom is 0.139 e. The topological polar surface area (TPSA) is 17.8 Å². The molecule has 102 valence electrons. The van der Waals surface area contributed by atoms with Crippen LogP contribution in [0.3, 0.4) is 0 Å². The molecule has 3 rings (SSSR count). The fraction of sp³-hybridized carbons (Fsp3) is 0.500. The molecule has 1 heterocycles. The van der Waals surface area contributed by atoms with Crippen molar-refractivity contribution in [2.24, 2.45) is 5.92 Å². The number of hydrogen-bond donors (Lipinski definition) is 0. The average molecular weight is 346 g/mol. The number of rotatable bonds is 5. The van der Waals surface area contributed by atoms with E-state index in [0.717, 1.165) is 35.7 Å². The Morgan fingerprint density at radius 1 is 1.42 bits per heavy atom. The van der Waals surface area contributed by atoms with Crippen molar-refractivity contribution in [2.75, 3.05) is 5.88 Å². The molecule has 1 aliphatic rings. The first-order chi connectivity index (χ1) is 9.19. The molecule has 0 saturated heterocycles. The van der Waals surface area contributed by atoms with Gasteiger partial charge < -0.3 is 4.57 Å². The number of aromatic nitrogens is 2. The average Bonchev–Trinajstić information content (AvgIpc) is 3.14. The van der Waals surface area contributed by atoms with Gasteiger partial charge in [-0.1, -0.05) is 12.8 Å². The van der Waals surface area contributed by atoms with Crippen molar-refractivity contribution in [1.82, 2.24) is 9.55 Å². The summed E-state index contributed by atoms with van der Waals surface area (Å²) in [5.41, 5.74) is 1.71. The van der Waals surface area contributed by atoms with Gasteiger partial charge in [-0.25, -0.2) is 9.37 Å². The number of imidazole rings is 1. The second-order valence-corrected chi connectivity index (χ2v) is 6.34. The molecule has 2 nitrogen and oxygen atoms in total. The van der Waals surface area contributed by atoms with Crippen molar-refractivity contribution in [3.05, 3.63) is 28.2 Å². The third-order valence-corrected chi connectivity index (χ3v) is 4.44. The van der Waals surface area contributed by atoms with Gasteiger partial charge in [-0.05, 0) is 34.3 Å². The highest BCUT2D eigenvalue weighted by molar-refractivity contribution is 9.10. The maximum absolute atomic E-state index is 13.6. The Morgan fingerprint density at radius 2 is 2.21 bits per heavy atom. The lowest BCUT2D eigenvalue weighted by molar-refractivity contribution is 0.588. The summed E-state index contributed by atoms with van der Waals surface area (Å²) >= 11 is 9.09. The minimum atomic E-state index is -0.267. The van der Waals surface area contributed by atoms with E-state index < -0.39 is 0 Å². The van der Waals surface area contributed by atoms with Crippen molar-refractivity contribution < 1.29 is 4.39 Å². The van der Waals surface area contributed by atoms with Crippen LogP contribution in [0.2, 0.25) is 0 Å². The van der Waals surface area contributed by atoms with E-state index >= 15 is 0 Å². The molecule has 1 aromatic carbocycles. The monoisotopic (exact) mass is 344 g/mol. The smallest absolute Gasteiger partial charge is 0.139 e. The third kappa shape index (κ3) is 2.79. The van der Waals surface area contributed by atoms with Crippen LogP contribution in [-0.2, 0) is 13.0 Å². The van der Waals surface area contributed by atoms with Crippen LogP contribution < -0.4 is 0 Å². The van der Waals surface area contributed by atoms with Gasteiger partial charge >= 0.3 is 0 Å². The van der Waals surface area contributed by atoms with Crippen LogP contribution in [0, 0.1) is 11.7 Å². The number of benzene rings is 1. The Labute approximate surface area is 125 Å². The maximum atomic E-state index is 13.6. The Bertz CT molecular complexity index is 607. The van der Waals surface area contributed by atoms with Gasteiger partial charge in [0.1, 0.15) is 11.6 Å². The standard InChI is InChI=1S/C14H15BrClFN2/c15-10-7-13-12(8-11(10)17)18-14(3-5-16)19(13)6-4-9-1-2-9/h7-9H,1-6H2. The molecule has 0 unspecified atom stereocenters. The minimum absolute atomic E-state index is 0.267. The molecule has 0 amide bonds. The van der Waals surface area contributed by atoms with Crippen molar-refractivity contribution in [3.63, 3.8) is 0 Å². The quantitative estimate of drug-likeness (QED) is 0.729. The van der Waals surface area contributed by atoms with Gasteiger partial charge in [0.25, 0.3) is 0 Å². The first-order valence-electron chi connectivity index (χ1n) is 6.59. The van der Waals surface area contributed by atoms with Gasteiger partial charge in [-0.15, -0.1) is 11.6 Å². The molecule has 0 spiro atoms. The Morgan fingerprint density at radius 3 is 2.89 bits per heavy atom. The zero-order valence-electron chi connectivity index (χ0n) is 10.5. The second kappa shape index (κ2) is 5.41. The van der Waals surface area contributed by atoms with Gasteiger partial charge in [-0.3, -0.25) is 0 Å². The fourth-order valence-corrected chi connectivity index (χ4v) is 2.91. The van der Waals surface area contributed by atoms with Crippen LogP contribution in [-0.4, -0.2) is 15.4 Å². The number of halogens is 3. The van der Waals surface area contributed by atoms with Crippen molar-refractivity contribution >= 4 is 38.6 Å². The van der Waals surface area contributed by atoms with Crippen molar-refractivity contribution in [2.45, 2.75) is 32.2 Å². The summed E-state index contributed by atoms with van der Waals surface area (Å²) in [5, 5.41) is 0. The summed E-state index contributed by atoms with van der Waals surface area (Å²) in [7, 11) is 0. The number of aryl methyl sites for hydroxylation is 2. The van der Waals surface area contributed by atoms with Gasteiger partial charge in [0.05, 0.1) is 15.5 Å². The van der Waals surface area contributed by atoms with Gasteiger partial charge in [0.2, 0.25) is 0 Å². The van der Waals surface area contributed by atoms with Gasteiger partial charge in [-0.2, -0.15) is 0 Å². The molecule has 1 fully saturated rings. The molecule has 1 saturated carbocycles. The summed E-state index contributed by atoms with van der Waals surface area (Å²) in [5.74, 6) is 2.10. The largest absolute Gasteiger partial charge is 0.328 e. The Balaban J connectivity index is 2.02. The van der Waals surface area contributed by atoms with Gasteiger partial charge in [0.15, 0.2) is 0 Å². The normalized spacial score (nSPS) is 15.3. The highest BCUT2D eigenvalue weighted by Crippen LogP contribution is 2.34. The van der Waals surface area contributed by atoms with Crippen LogP contribution in [0.25, 0.3) is 11.0 Å². The van der Waals surface area contributed by atoms with Gasteiger partial charge in [0, 0.05) is 24.9 Å². The molecule has 0 radical (unpaired) electrons. The van der Waals surface area contributed by atoms with Crippen molar-refractivity contribution in [3.8, 4) is 0 Å². The summed E-state index contributed by atoms with van der Waals surface area (Å²) < 4.78 is 16.3. The molecule has 0 N–H and O–H groups in total. The van der Waals surface area contributed by atoms with E-state index in [1.807, 2.05) is 6.07 Å². The predicted molar refractivity (Wildman–Crippen MR) is 79.2 cm³/mol. The molecule has 2 aromatic rings. The van der Waals surface area contributed by atoms with E-state index in [-0.39, 0.29) is 5.82 Å². The zero-order valence-corrected chi connectivity index (χ0v) is 12.8. The second-order valence-electron chi connectivity index (χ2n) is 5.11. The van der Waals surface area contributed by atoms with E-state index in [2.05, 4.69) is 25.5 Å². The SMILES string of the molecule is Fc1cc2nc(CCCl)n(CCC3CC3)c2cc1Br. The summed E-state index contributed by atoms with van der Waals surface area (Å²) in [6.45, 7) is 0.950. The van der Waals surface area contributed by atoms with Crippen LogP contribution in [0.5, 0.6) is 0 Å². The summed E-state index contributed by atoms with van der Waals surface area (Å²) in [4.78, 5) is 4.52. The molecule has 5 heteroatoms. The minimum Gasteiger partial charge on any atom is -0.328 e. The first-order valence-corrected chi connectivity index (χ1v) is 7.92. The number of hydrogen-bond acceptors (Lipinski definition) is 1. The molecule has 19 heavy (non-hydrogen) atoms. The molecule has 1 aliphatic carbocycles. The van der Waals surface area contributed by atoms with E-state index in [1.54, 1.807) is 0 Å². The molecule has 1 aromatic heterocycles. The van der Waals surface area contributed by atoms with Crippen LogP contribution in [0.1, 0.15) is 25.1 Å². The number of fused-ring (bicyclic) bond motifs is 1. The fourth-order valence-electron chi connectivity index (χ4n) is 2.41. The highest BCUT2D eigenvalue weighted by Gasteiger charge is 2.22. The molecule has 0 bridgehead atoms. The molecular weight excluding hydrogens is 331 g/mol. The number of nitrogens with zero attached hydrogens (tertiary/aromatic N) is 2. The molecular formula is C14H15BrClFN2. The van der Waals surface area contributed by atoms with E-state index in [1.165, 1.54) is 25.3 Å². The van der Waals surface area contributed by atoms with E-state index in [4.69, 9.17) is 11.6 Å². The third-order valence-electron chi connectivity index (χ3n) is 3.65. The van der Waals surface area contributed by atoms with E-state index in [0.29, 0.717) is 10.4 Å². The Hall–Kier alpha value is -0.610. The van der Waals surface area contributed by atoms with Crippen LogP contribution in [0.4, 0.5) is 4.39 Å². The first kappa shape index (κ1) is 13.4. The summed E-state index contributed by atoms with van der Waals surface area (Å²) in [6, 6.07) is 3.31. The lowest BCUT2D eigenvalue weighted by Crippen LogP contribution is -2.05. The molecule has 0 atom stereocenters. The lowest BCUT2D eigenvalue weighted by atomic mass is 10.2. The lowest BCUT2D eigenvalue weighted by Gasteiger charge is -2.08. The predicted octanol–water partition coefficient (Wildman–Crippen LogP) is 4.52. The zero-order chi connectivity index (χ0) is 13.4. The number of alkyl halides is 1. The highest BCUT2D eigenvalue weighted by atomic mass is 79.9. The Kier molecular flexibility index (Phi) is 3.81. The van der Waals surface area contributed by atoms with Crippen LogP contribution in [0.15, 0.2) is 16.6 Å². The van der Waals surface area contributed by atoms with E-state index in [9.17, 15) is 4.39 Å². The summed E-state index contributed by atoms with van der Waals surface area (Å²) in [6.07, 6.45) is 4.58.